The summed E-state index contributed by atoms with van der Waals surface area (Å²) >= 11 is 1.26. The zero-order valence-corrected chi connectivity index (χ0v) is 12.2. The largest absolute Gasteiger partial charge is 0.310 e. The second kappa shape index (κ2) is 6.11. The highest BCUT2D eigenvalue weighted by molar-refractivity contribution is 7.00. The highest BCUT2D eigenvalue weighted by Crippen LogP contribution is 2.13. The molecular weight excluding hydrogens is 270 g/mol. The number of fused-ring (bicyclic) bond motifs is 1. The molecule has 3 aromatic rings. The fourth-order valence-electron chi connectivity index (χ4n) is 2.09. The Morgan fingerprint density at radius 3 is 3.05 bits per heavy atom. The van der Waals surface area contributed by atoms with Gasteiger partial charge in [0, 0.05) is 31.5 Å². The minimum Gasteiger partial charge on any atom is -0.310 e. The zero-order valence-electron chi connectivity index (χ0n) is 11.4. The van der Waals surface area contributed by atoms with E-state index in [9.17, 15) is 0 Å². The van der Waals surface area contributed by atoms with Crippen molar-refractivity contribution < 1.29 is 0 Å². The van der Waals surface area contributed by atoms with Gasteiger partial charge in [0.05, 0.1) is 11.7 Å². The van der Waals surface area contributed by atoms with Crippen LogP contribution in [0.15, 0.2) is 36.7 Å². The van der Waals surface area contributed by atoms with Gasteiger partial charge in [-0.15, -0.1) is 0 Å². The third kappa shape index (κ3) is 3.20. The van der Waals surface area contributed by atoms with Gasteiger partial charge >= 0.3 is 0 Å². The van der Waals surface area contributed by atoms with Crippen molar-refractivity contribution in [2.45, 2.75) is 32.5 Å². The lowest BCUT2D eigenvalue weighted by molar-refractivity contribution is 0.458. The van der Waals surface area contributed by atoms with E-state index in [-0.39, 0.29) is 0 Å². The van der Waals surface area contributed by atoms with E-state index in [2.05, 4.69) is 38.2 Å². The van der Waals surface area contributed by atoms with Crippen LogP contribution in [-0.4, -0.2) is 24.6 Å². The zero-order chi connectivity index (χ0) is 13.8. The first-order valence-corrected chi connectivity index (χ1v) is 7.46. The number of benzene rings is 1. The lowest BCUT2D eigenvalue weighted by atomic mass is 10.1. The smallest absolute Gasteiger partial charge is 0.105 e. The van der Waals surface area contributed by atoms with Crippen molar-refractivity contribution in [3.05, 3.63) is 42.2 Å². The van der Waals surface area contributed by atoms with Crippen LogP contribution in [0.5, 0.6) is 0 Å². The van der Waals surface area contributed by atoms with Gasteiger partial charge in [-0.2, -0.15) is 13.8 Å². The van der Waals surface area contributed by atoms with Gasteiger partial charge in [-0.25, -0.2) is 0 Å². The van der Waals surface area contributed by atoms with Gasteiger partial charge < -0.3 is 5.32 Å². The Bertz CT molecular complexity index is 661. The summed E-state index contributed by atoms with van der Waals surface area (Å²) in [6.07, 6.45) is 4.87. The van der Waals surface area contributed by atoms with Crippen molar-refractivity contribution in [2.75, 3.05) is 0 Å². The molecule has 104 valence electrons. The van der Waals surface area contributed by atoms with Crippen LogP contribution in [0.2, 0.25) is 0 Å². The fraction of sp³-hybridized carbons (Fsp3) is 0.357. The Balaban J connectivity index is 1.50. The van der Waals surface area contributed by atoms with E-state index in [1.807, 2.05) is 29.2 Å². The summed E-state index contributed by atoms with van der Waals surface area (Å²) in [4.78, 5) is 0. The maximum absolute atomic E-state index is 4.27. The van der Waals surface area contributed by atoms with Crippen molar-refractivity contribution in [3.63, 3.8) is 0 Å². The highest BCUT2D eigenvalue weighted by atomic mass is 32.1. The summed E-state index contributed by atoms with van der Waals surface area (Å²) in [7, 11) is 0. The number of rotatable bonds is 6. The number of aromatic nitrogens is 4. The first-order chi connectivity index (χ1) is 9.81. The molecule has 0 amide bonds. The molecule has 0 aliphatic heterocycles. The Morgan fingerprint density at radius 2 is 2.20 bits per heavy atom. The molecule has 0 saturated carbocycles. The van der Waals surface area contributed by atoms with Gasteiger partial charge in [0.1, 0.15) is 11.0 Å². The number of nitrogens with one attached hydrogen (secondary N) is 1. The fourth-order valence-corrected chi connectivity index (χ4v) is 2.61. The average Bonchev–Trinajstić information content (AvgIpc) is 3.13. The summed E-state index contributed by atoms with van der Waals surface area (Å²) in [6, 6.07) is 8.64. The molecule has 0 spiro atoms. The van der Waals surface area contributed by atoms with Crippen LogP contribution in [0.3, 0.4) is 0 Å². The number of hydrogen-bond acceptors (Lipinski definition) is 5. The standard InChI is InChI=1S/C14H17N5S/c1-11(5-8-19-7-2-6-16-19)15-10-12-3-4-13-14(9-12)18-20-17-13/h2-4,6-7,9,11,15H,5,8,10H2,1H3. The molecule has 1 unspecified atom stereocenters. The number of nitrogens with zero attached hydrogens (tertiary/aromatic N) is 4. The first-order valence-electron chi connectivity index (χ1n) is 6.73. The van der Waals surface area contributed by atoms with E-state index in [0.717, 1.165) is 30.5 Å². The van der Waals surface area contributed by atoms with E-state index in [1.165, 1.54) is 17.3 Å². The predicted octanol–water partition coefficient (Wildman–Crippen LogP) is 2.46. The molecule has 2 aromatic heterocycles. The van der Waals surface area contributed by atoms with Crippen LogP contribution in [0.25, 0.3) is 11.0 Å². The lowest BCUT2D eigenvalue weighted by Crippen LogP contribution is -2.26. The Hall–Kier alpha value is -1.79. The second-order valence-electron chi connectivity index (χ2n) is 4.93. The summed E-state index contributed by atoms with van der Waals surface area (Å²) in [5.74, 6) is 0. The molecule has 0 fully saturated rings. The molecule has 6 heteroatoms. The molecule has 1 N–H and O–H groups in total. The van der Waals surface area contributed by atoms with Crippen molar-refractivity contribution in [2.24, 2.45) is 0 Å². The highest BCUT2D eigenvalue weighted by Gasteiger charge is 2.04. The van der Waals surface area contributed by atoms with Crippen molar-refractivity contribution >= 4 is 22.8 Å². The summed E-state index contributed by atoms with van der Waals surface area (Å²) in [6.45, 7) is 4.00. The van der Waals surface area contributed by atoms with Crippen LogP contribution in [0, 0.1) is 0 Å². The molecule has 1 atom stereocenters. The molecule has 20 heavy (non-hydrogen) atoms. The van der Waals surface area contributed by atoms with Gasteiger partial charge in [-0.3, -0.25) is 4.68 Å². The SMILES string of the molecule is CC(CCn1cccn1)NCc1ccc2nsnc2c1. The minimum absolute atomic E-state index is 0.448. The summed E-state index contributed by atoms with van der Waals surface area (Å²) < 4.78 is 10.4. The molecule has 0 saturated heterocycles. The molecular formula is C14H17N5S. The van der Waals surface area contributed by atoms with Crippen LogP contribution < -0.4 is 5.32 Å². The quantitative estimate of drug-likeness (QED) is 0.756. The maximum atomic E-state index is 4.27. The van der Waals surface area contributed by atoms with Gasteiger partial charge in [0.25, 0.3) is 0 Å². The maximum Gasteiger partial charge on any atom is 0.105 e. The molecule has 1 aromatic carbocycles. The van der Waals surface area contributed by atoms with Gasteiger partial charge in [0.15, 0.2) is 0 Å². The number of hydrogen-bond donors (Lipinski definition) is 1. The summed E-state index contributed by atoms with van der Waals surface area (Å²) in [5, 5.41) is 7.74. The van der Waals surface area contributed by atoms with Crippen molar-refractivity contribution in [3.8, 4) is 0 Å². The second-order valence-corrected chi connectivity index (χ2v) is 5.46. The molecule has 0 aliphatic rings. The number of aryl methyl sites for hydroxylation is 1. The van der Waals surface area contributed by atoms with Crippen molar-refractivity contribution in [1.82, 2.24) is 23.8 Å². The van der Waals surface area contributed by atoms with Crippen LogP contribution in [0.4, 0.5) is 0 Å². The van der Waals surface area contributed by atoms with Gasteiger partial charge in [-0.1, -0.05) is 6.07 Å². The topological polar surface area (TPSA) is 55.6 Å². The average molecular weight is 287 g/mol. The Labute approximate surface area is 122 Å². The molecule has 3 rings (SSSR count). The van der Waals surface area contributed by atoms with E-state index in [4.69, 9.17) is 0 Å². The van der Waals surface area contributed by atoms with E-state index < -0.39 is 0 Å². The summed E-state index contributed by atoms with van der Waals surface area (Å²) in [5.41, 5.74) is 3.21. The van der Waals surface area contributed by atoms with E-state index >= 15 is 0 Å². The van der Waals surface area contributed by atoms with Gasteiger partial charge in [-0.05, 0) is 37.1 Å². The predicted molar refractivity (Wildman–Crippen MR) is 80.6 cm³/mol. The molecule has 5 nitrogen and oxygen atoms in total. The monoisotopic (exact) mass is 287 g/mol. The molecule has 2 heterocycles. The normalized spacial score (nSPS) is 12.8. The van der Waals surface area contributed by atoms with Gasteiger partial charge in [0.2, 0.25) is 0 Å². The third-order valence-corrected chi connectivity index (χ3v) is 3.88. The third-order valence-electron chi connectivity index (χ3n) is 3.32. The van der Waals surface area contributed by atoms with Crippen LogP contribution in [0.1, 0.15) is 18.9 Å². The van der Waals surface area contributed by atoms with Crippen LogP contribution in [-0.2, 0) is 13.1 Å². The van der Waals surface area contributed by atoms with Crippen LogP contribution >= 0.6 is 11.7 Å². The molecule has 0 aliphatic carbocycles. The molecule has 0 radical (unpaired) electrons. The molecule has 0 bridgehead atoms. The minimum atomic E-state index is 0.448. The first kappa shape index (κ1) is 13.2. The van der Waals surface area contributed by atoms with E-state index in [0.29, 0.717) is 6.04 Å². The Morgan fingerprint density at radius 1 is 1.30 bits per heavy atom. The van der Waals surface area contributed by atoms with Crippen molar-refractivity contribution in [1.29, 1.82) is 0 Å². The van der Waals surface area contributed by atoms with E-state index in [1.54, 1.807) is 0 Å². The lowest BCUT2D eigenvalue weighted by Gasteiger charge is -2.13. The Kier molecular flexibility index (Phi) is 4.03.